The molecule has 3 aromatic rings. The van der Waals surface area contributed by atoms with Gasteiger partial charge in [-0.3, -0.25) is 0 Å². The largest absolute Gasteiger partial charge is 0.416 e. The number of halogens is 3. The summed E-state index contributed by atoms with van der Waals surface area (Å²) in [7, 11) is 0. The van der Waals surface area contributed by atoms with E-state index in [0.29, 0.717) is 11.6 Å². The lowest BCUT2D eigenvalue weighted by atomic mass is 9.97. The molecule has 1 unspecified atom stereocenters. The Hall–Kier alpha value is -3.29. The van der Waals surface area contributed by atoms with E-state index in [1.54, 1.807) is 12.1 Å². The van der Waals surface area contributed by atoms with Crippen LogP contribution in [0.5, 0.6) is 0 Å². The number of benzene rings is 2. The predicted molar refractivity (Wildman–Crippen MR) is 92.1 cm³/mol. The van der Waals surface area contributed by atoms with Crippen molar-refractivity contribution in [1.82, 2.24) is 14.8 Å². The van der Waals surface area contributed by atoms with Crippen LogP contribution in [0, 0.1) is 0 Å². The van der Waals surface area contributed by atoms with Crippen LogP contribution < -0.4 is 11.1 Å². The molecule has 0 saturated carbocycles. The topological polar surface area (TPSA) is 68.8 Å². The van der Waals surface area contributed by atoms with Crippen LogP contribution in [-0.2, 0) is 6.18 Å². The fraction of sp³-hybridized carbons (Fsp3) is 0.111. The molecule has 0 amide bonds. The molecule has 0 fully saturated rings. The molecule has 1 aliphatic heterocycles. The number of allylic oxidation sites excluding steroid dienone is 1. The molecule has 1 aliphatic rings. The number of nitrogen functional groups attached to an aromatic ring is 1. The highest BCUT2D eigenvalue weighted by Crippen LogP contribution is 2.39. The number of hydrogen-bond acceptors (Lipinski definition) is 4. The number of alkyl halides is 3. The maximum atomic E-state index is 13.5. The predicted octanol–water partition coefficient (Wildman–Crippen LogP) is 3.94. The number of nitrogens with two attached hydrogens (primary N) is 1. The van der Waals surface area contributed by atoms with E-state index in [2.05, 4.69) is 15.4 Å². The van der Waals surface area contributed by atoms with Crippen LogP contribution in [0.1, 0.15) is 22.7 Å². The minimum Gasteiger partial charge on any atom is -0.366 e. The lowest BCUT2D eigenvalue weighted by molar-refractivity contribution is -0.138. The van der Waals surface area contributed by atoms with Crippen molar-refractivity contribution in [2.45, 2.75) is 12.2 Å². The van der Waals surface area contributed by atoms with E-state index in [4.69, 9.17) is 5.73 Å². The third kappa shape index (κ3) is 2.79. The zero-order chi connectivity index (χ0) is 18.3. The number of nitrogens with one attached hydrogen (secondary N) is 1. The molecule has 1 atom stereocenters. The standard InChI is InChI=1S/C18H14F3N5/c19-18(20,21)13-9-5-4-8-12(13)15-10-14(11-6-2-1-3-7-11)23-17-24-16(22)25-26(15)17/h1-10,15H,(H3,22,23,24,25). The van der Waals surface area contributed by atoms with Gasteiger partial charge in [0.05, 0.1) is 5.56 Å². The summed E-state index contributed by atoms with van der Waals surface area (Å²) < 4.78 is 41.9. The first-order valence-corrected chi connectivity index (χ1v) is 7.86. The van der Waals surface area contributed by atoms with Crippen LogP contribution in [0.15, 0.2) is 60.7 Å². The van der Waals surface area contributed by atoms with Gasteiger partial charge in [-0.25, -0.2) is 4.68 Å². The van der Waals surface area contributed by atoms with Gasteiger partial charge in [0.1, 0.15) is 6.04 Å². The van der Waals surface area contributed by atoms with E-state index >= 15 is 0 Å². The van der Waals surface area contributed by atoms with Gasteiger partial charge >= 0.3 is 6.18 Å². The van der Waals surface area contributed by atoms with Gasteiger partial charge in [0.2, 0.25) is 11.9 Å². The molecule has 8 heteroatoms. The summed E-state index contributed by atoms with van der Waals surface area (Å²) in [4.78, 5) is 4.09. The molecule has 4 rings (SSSR count). The second kappa shape index (κ2) is 5.91. The molecule has 0 bridgehead atoms. The Morgan fingerprint density at radius 2 is 1.69 bits per heavy atom. The van der Waals surface area contributed by atoms with Crippen molar-refractivity contribution in [3.8, 4) is 0 Å². The lowest BCUT2D eigenvalue weighted by Crippen LogP contribution is -2.23. The average molecular weight is 357 g/mol. The maximum absolute atomic E-state index is 13.5. The van der Waals surface area contributed by atoms with E-state index in [9.17, 15) is 13.2 Å². The first-order chi connectivity index (χ1) is 12.4. The van der Waals surface area contributed by atoms with Crippen molar-refractivity contribution >= 4 is 17.6 Å². The lowest BCUT2D eigenvalue weighted by Gasteiger charge is -2.26. The van der Waals surface area contributed by atoms with Gasteiger partial charge in [-0.15, -0.1) is 5.10 Å². The monoisotopic (exact) mass is 357 g/mol. The third-order valence-corrected chi connectivity index (χ3v) is 4.15. The molecule has 0 radical (unpaired) electrons. The average Bonchev–Trinajstić information content (AvgIpc) is 3.01. The Kier molecular flexibility index (Phi) is 3.68. The highest BCUT2D eigenvalue weighted by atomic mass is 19.4. The Morgan fingerprint density at radius 1 is 1.00 bits per heavy atom. The molecule has 0 aliphatic carbocycles. The van der Waals surface area contributed by atoms with Crippen molar-refractivity contribution in [2.75, 3.05) is 11.1 Å². The summed E-state index contributed by atoms with van der Waals surface area (Å²) in [5, 5.41) is 7.15. The molecular formula is C18H14F3N5. The van der Waals surface area contributed by atoms with Gasteiger partial charge in [-0.1, -0.05) is 48.5 Å². The number of fused-ring (bicyclic) bond motifs is 1. The number of hydrogen-bond donors (Lipinski definition) is 2. The second-order valence-corrected chi connectivity index (χ2v) is 5.84. The maximum Gasteiger partial charge on any atom is 0.416 e. The van der Waals surface area contributed by atoms with Gasteiger partial charge in [-0.05, 0) is 23.3 Å². The zero-order valence-electron chi connectivity index (χ0n) is 13.4. The number of nitrogens with zero attached hydrogens (tertiary/aromatic N) is 3. The molecule has 0 spiro atoms. The zero-order valence-corrected chi connectivity index (χ0v) is 13.4. The van der Waals surface area contributed by atoms with E-state index in [1.807, 2.05) is 30.3 Å². The Labute approximate surface area is 147 Å². The molecule has 3 N–H and O–H groups in total. The van der Waals surface area contributed by atoms with E-state index in [-0.39, 0.29) is 11.5 Å². The fourth-order valence-corrected chi connectivity index (χ4v) is 3.03. The Balaban J connectivity index is 1.90. The van der Waals surface area contributed by atoms with Crippen molar-refractivity contribution in [3.63, 3.8) is 0 Å². The summed E-state index contributed by atoms with van der Waals surface area (Å²) in [6.07, 6.45) is -2.78. The van der Waals surface area contributed by atoms with Crippen LogP contribution in [0.25, 0.3) is 5.70 Å². The Morgan fingerprint density at radius 3 is 2.42 bits per heavy atom. The van der Waals surface area contributed by atoms with E-state index in [0.717, 1.165) is 11.6 Å². The van der Waals surface area contributed by atoms with Crippen LogP contribution in [0.3, 0.4) is 0 Å². The third-order valence-electron chi connectivity index (χ3n) is 4.15. The summed E-state index contributed by atoms with van der Waals surface area (Å²) in [6.45, 7) is 0. The van der Waals surface area contributed by atoms with Crippen LogP contribution in [0.2, 0.25) is 0 Å². The fourth-order valence-electron chi connectivity index (χ4n) is 3.03. The molecule has 2 aromatic carbocycles. The van der Waals surface area contributed by atoms with Gasteiger partial charge in [-0.2, -0.15) is 18.2 Å². The van der Waals surface area contributed by atoms with Gasteiger partial charge < -0.3 is 11.1 Å². The normalized spacial score (nSPS) is 16.6. The molecule has 26 heavy (non-hydrogen) atoms. The number of anilines is 2. The molecule has 5 nitrogen and oxygen atoms in total. The summed E-state index contributed by atoms with van der Waals surface area (Å²) in [6, 6.07) is 13.9. The second-order valence-electron chi connectivity index (χ2n) is 5.84. The SMILES string of the molecule is Nc1nc2n(n1)C(c1ccccc1C(F)(F)F)C=C(c1ccccc1)N2. The smallest absolute Gasteiger partial charge is 0.366 e. The minimum atomic E-state index is -4.48. The molecule has 1 aromatic heterocycles. The van der Waals surface area contributed by atoms with Crippen LogP contribution in [-0.4, -0.2) is 14.8 Å². The van der Waals surface area contributed by atoms with Crippen molar-refractivity contribution in [1.29, 1.82) is 0 Å². The van der Waals surface area contributed by atoms with Gasteiger partial charge in [0.15, 0.2) is 0 Å². The summed E-state index contributed by atoms with van der Waals surface area (Å²) in [5.74, 6) is 0.288. The Bertz CT molecular complexity index is 976. The highest BCUT2D eigenvalue weighted by molar-refractivity contribution is 5.77. The van der Waals surface area contributed by atoms with Crippen molar-refractivity contribution in [3.05, 3.63) is 77.4 Å². The summed E-state index contributed by atoms with van der Waals surface area (Å²) in [5.41, 5.74) is 6.52. The summed E-state index contributed by atoms with van der Waals surface area (Å²) >= 11 is 0. The van der Waals surface area contributed by atoms with Gasteiger partial charge in [0.25, 0.3) is 0 Å². The molecule has 0 saturated heterocycles. The number of aromatic nitrogens is 3. The van der Waals surface area contributed by atoms with Crippen LogP contribution >= 0.6 is 0 Å². The number of rotatable bonds is 2. The molecule has 132 valence electrons. The first-order valence-electron chi connectivity index (χ1n) is 7.86. The van der Waals surface area contributed by atoms with Crippen molar-refractivity contribution < 1.29 is 13.2 Å². The first kappa shape index (κ1) is 16.2. The van der Waals surface area contributed by atoms with Crippen LogP contribution in [0.4, 0.5) is 25.1 Å². The quantitative estimate of drug-likeness (QED) is 0.729. The van der Waals surface area contributed by atoms with E-state index in [1.165, 1.54) is 16.8 Å². The minimum absolute atomic E-state index is 0.00954. The van der Waals surface area contributed by atoms with E-state index < -0.39 is 17.8 Å². The van der Waals surface area contributed by atoms with Gasteiger partial charge in [0, 0.05) is 5.70 Å². The highest BCUT2D eigenvalue weighted by Gasteiger charge is 2.36. The molecular weight excluding hydrogens is 343 g/mol. The molecule has 2 heterocycles. The van der Waals surface area contributed by atoms with Crippen molar-refractivity contribution in [2.24, 2.45) is 0 Å².